The number of nitrogens with zero attached hydrogens (tertiary/aromatic N) is 3. The van der Waals surface area contributed by atoms with E-state index in [2.05, 4.69) is 9.97 Å². The molecule has 0 radical (unpaired) electrons. The Kier molecular flexibility index (Phi) is 4.00. The maximum absolute atomic E-state index is 14.0. The number of β-amino-alcohol motifs (C(OH)–C–C–N with tert-alkyl or cyclic N) is 1. The van der Waals surface area contributed by atoms with Crippen molar-refractivity contribution in [3.8, 4) is 0 Å². The molecule has 0 spiro atoms. The quantitative estimate of drug-likeness (QED) is 0.902. The van der Waals surface area contributed by atoms with Gasteiger partial charge in [0.1, 0.15) is 23.3 Å². The molecule has 0 amide bonds. The lowest BCUT2D eigenvalue weighted by Gasteiger charge is -2.24. The summed E-state index contributed by atoms with van der Waals surface area (Å²) in [5, 5.41) is 9.90. The number of halogens is 2. The minimum absolute atomic E-state index is 0.237. The summed E-state index contributed by atoms with van der Waals surface area (Å²) in [5.41, 5.74) is 5.86. The Morgan fingerprint density at radius 3 is 2.91 bits per heavy atom. The second kappa shape index (κ2) is 5.94. The van der Waals surface area contributed by atoms with Gasteiger partial charge in [-0.25, -0.2) is 18.7 Å². The first-order valence-electron chi connectivity index (χ1n) is 6.97. The predicted octanol–water partition coefficient (Wildman–Crippen LogP) is 1.64. The number of aliphatic hydroxyl groups excluding tert-OH is 1. The Balaban J connectivity index is 1.87. The number of likely N-dealkylation sites (tertiary alicyclic amines) is 1. The molecule has 0 aliphatic carbocycles. The van der Waals surface area contributed by atoms with Gasteiger partial charge in [-0.1, -0.05) is 0 Å². The standard InChI is InChI=1S/C15H16F2N4O/c16-9-1-2-12(17)11(5-9)13-6-10(22)7-21(13)8-15-19-4-3-14(18)20-15/h1-5,10,13,22H,6-8H2,(H2,18,19,20)/t10-,13-/m1/s1. The normalized spacial score (nSPS) is 22.1. The number of hydrogen-bond donors (Lipinski definition) is 2. The summed E-state index contributed by atoms with van der Waals surface area (Å²) in [4.78, 5) is 10.0. The summed E-state index contributed by atoms with van der Waals surface area (Å²) in [6.07, 6.45) is 1.28. The van der Waals surface area contributed by atoms with E-state index in [4.69, 9.17) is 5.73 Å². The van der Waals surface area contributed by atoms with E-state index in [-0.39, 0.29) is 5.56 Å². The van der Waals surface area contributed by atoms with E-state index < -0.39 is 23.8 Å². The van der Waals surface area contributed by atoms with Crippen molar-refractivity contribution < 1.29 is 13.9 Å². The van der Waals surface area contributed by atoms with Crippen molar-refractivity contribution >= 4 is 5.82 Å². The van der Waals surface area contributed by atoms with Crippen molar-refractivity contribution in [3.05, 3.63) is 53.5 Å². The van der Waals surface area contributed by atoms with Crippen LogP contribution < -0.4 is 5.73 Å². The number of hydrogen-bond acceptors (Lipinski definition) is 5. The molecule has 22 heavy (non-hydrogen) atoms. The molecule has 1 aromatic carbocycles. The lowest BCUT2D eigenvalue weighted by Crippen LogP contribution is -2.26. The van der Waals surface area contributed by atoms with E-state index >= 15 is 0 Å². The van der Waals surface area contributed by atoms with E-state index in [0.717, 1.165) is 12.1 Å². The Labute approximate surface area is 126 Å². The molecule has 3 N–H and O–H groups in total. The number of aliphatic hydroxyl groups is 1. The summed E-state index contributed by atoms with van der Waals surface area (Å²) >= 11 is 0. The highest BCUT2D eigenvalue weighted by Crippen LogP contribution is 2.34. The highest BCUT2D eigenvalue weighted by Gasteiger charge is 2.34. The zero-order chi connectivity index (χ0) is 15.7. The fourth-order valence-corrected chi connectivity index (χ4v) is 2.82. The summed E-state index contributed by atoms with van der Waals surface area (Å²) in [6.45, 7) is 0.654. The van der Waals surface area contributed by atoms with Crippen LogP contribution >= 0.6 is 0 Å². The number of nitrogen functional groups attached to an aromatic ring is 1. The van der Waals surface area contributed by atoms with Crippen LogP contribution in [0.1, 0.15) is 23.9 Å². The molecule has 2 aromatic rings. The van der Waals surface area contributed by atoms with Crippen molar-refractivity contribution in [1.82, 2.24) is 14.9 Å². The molecular weight excluding hydrogens is 290 g/mol. The Morgan fingerprint density at radius 2 is 2.14 bits per heavy atom. The lowest BCUT2D eigenvalue weighted by atomic mass is 10.0. The smallest absolute Gasteiger partial charge is 0.144 e. The van der Waals surface area contributed by atoms with Gasteiger partial charge in [-0.15, -0.1) is 0 Å². The molecule has 1 aliphatic rings. The SMILES string of the molecule is Nc1ccnc(CN2C[C@H](O)C[C@@H]2c2cc(F)ccc2F)n1. The van der Waals surface area contributed by atoms with Crippen molar-refractivity contribution in [3.63, 3.8) is 0 Å². The van der Waals surface area contributed by atoms with E-state index in [1.54, 1.807) is 12.3 Å². The van der Waals surface area contributed by atoms with Gasteiger partial charge in [-0.05, 0) is 30.7 Å². The molecule has 0 saturated carbocycles. The van der Waals surface area contributed by atoms with Crippen molar-refractivity contribution in [1.29, 1.82) is 0 Å². The number of rotatable bonds is 3. The van der Waals surface area contributed by atoms with Gasteiger partial charge in [0.05, 0.1) is 12.6 Å². The van der Waals surface area contributed by atoms with Gasteiger partial charge in [0.25, 0.3) is 0 Å². The summed E-state index contributed by atoms with van der Waals surface area (Å²) in [5.74, 6) is -0.161. The minimum atomic E-state index is -0.603. The van der Waals surface area contributed by atoms with Crippen LogP contribution in [0.5, 0.6) is 0 Å². The first-order valence-corrected chi connectivity index (χ1v) is 6.97. The molecule has 2 heterocycles. The first kappa shape index (κ1) is 14.8. The van der Waals surface area contributed by atoms with Crippen molar-refractivity contribution in [2.45, 2.75) is 25.1 Å². The highest BCUT2D eigenvalue weighted by molar-refractivity contribution is 5.26. The first-order chi connectivity index (χ1) is 10.5. The van der Waals surface area contributed by atoms with Crippen LogP contribution in [0.15, 0.2) is 30.5 Å². The molecule has 3 rings (SSSR count). The van der Waals surface area contributed by atoms with Gasteiger partial charge in [-0.3, -0.25) is 4.90 Å². The predicted molar refractivity (Wildman–Crippen MR) is 76.6 cm³/mol. The van der Waals surface area contributed by atoms with Crippen LogP contribution in [-0.2, 0) is 6.54 Å². The van der Waals surface area contributed by atoms with E-state index in [9.17, 15) is 13.9 Å². The fourth-order valence-electron chi connectivity index (χ4n) is 2.82. The van der Waals surface area contributed by atoms with E-state index in [1.807, 2.05) is 4.90 Å². The molecule has 0 unspecified atom stereocenters. The molecule has 0 bridgehead atoms. The molecule has 7 heteroatoms. The van der Waals surface area contributed by atoms with Crippen LogP contribution in [0.25, 0.3) is 0 Å². The van der Waals surface area contributed by atoms with Gasteiger partial charge in [0.2, 0.25) is 0 Å². The zero-order valence-electron chi connectivity index (χ0n) is 11.8. The van der Waals surface area contributed by atoms with E-state index in [1.165, 1.54) is 6.07 Å². The molecule has 2 atom stereocenters. The maximum atomic E-state index is 14.0. The van der Waals surface area contributed by atoms with Gasteiger partial charge in [0.15, 0.2) is 0 Å². The fraction of sp³-hybridized carbons (Fsp3) is 0.333. The average molecular weight is 306 g/mol. The molecule has 116 valence electrons. The molecule has 5 nitrogen and oxygen atoms in total. The third kappa shape index (κ3) is 3.05. The number of aromatic nitrogens is 2. The lowest BCUT2D eigenvalue weighted by molar-refractivity contribution is 0.171. The molecule has 1 fully saturated rings. The van der Waals surface area contributed by atoms with Crippen LogP contribution in [0.4, 0.5) is 14.6 Å². The third-order valence-corrected chi connectivity index (χ3v) is 3.77. The zero-order valence-corrected chi connectivity index (χ0v) is 11.8. The monoisotopic (exact) mass is 306 g/mol. The number of benzene rings is 1. The molecule has 1 aromatic heterocycles. The second-order valence-corrected chi connectivity index (χ2v) is 5.40. The van der Waals surface area contributed by atoms with Crippen LogP contribution in [0.3, 0.4) is 0 Å². The highest BCUT2D eigenvalue weighted by atomic mass is 19.1. The van der Waals surface area contributed by atoms with Gasteiger partial charge in [0, 0.05) is 24.3 Å². The molecular formula is C15H16F2N4O. The van der Waals surface area contributed by atoms with Crippen molar-refractivity contribution in [2.75, 3.05) is 12.3 Å². The Morgan fingerprint density at radius 1 is 1.32 bits per heavy atom. The maximum Gasteiger partial charge on any atom is 0.144 e. The average Bonchev–Trinajstić information content (AvgIpc) is 2.82. The largest absolute Gasteiger partial charge is 0.392 e. The second-order valence-electron chi connectivity index (χ2n) is 5.40. The van der Waals surface area contributed by atoms with Gasteiger partial charge in [-0.2, -0.15) is 0 Å². The van der Waals surface area contributed by atoms with Gasteiger partial charge >= 0.3 is 0 Å². The Hall–Kier alpha value is -2.12. The summed E-state index contributed by atoms with van der Waals surface area (Å²) in [7, 11) is 0. The summed E-state index contributed by atoms with van der Waals surface area (Å²) < 4.78 is 27.4. The topological polar surface area (TPSA) is 75.3 Å². The minimum Gasteiger partial charge on any atom is -0.392 e. The Bertz CT molecular complexity index is 682. The van der Waals surface area contributed by atoms with Crippen LogP contribution in [-0.4, -0.2) is 32.6 Å². The molecule has 1 aliphatic heterocycles. The van der Waals surface area contributed by atoms with Crippen molar-refractivity contribution in [2.24, 2.45) is 0 Å². The molecule has 1 saturated heterocycles. The van der Waals surface area contributed by atoms with Gasteiger partial charge < -0.3 is 10.8 Å². The third-order valence-electron chi connectivity index (χ3n) is 3.77. The van der Waals surface area contributed by atoms with Crippen LogP contribution in [0.2, 0.25) is 0 Å². The summed E-state index contributed by atoms with van der Waals surface area (Å²) in [6, 6.07) is 4.51. The number of nitrogens with two attached hydrogens (primary N) is 1. The van der Waals surface area contributed by atoms with Crippen LogP contribution in [0, 0.1) is 11.6 Å². The van der Waals surface area contributed by atoms with E-state index in [0.29, 0.717) is 31.2 Å². The number of anilines is 1.